The third-order valence-corrected chi connectivity index (χ3v) is 2.65. The Bertz CT molecular complexity index is 446. The van der Waals surface area contributed by atoms with E-state index in [2.05, 4.69) is 43.1 Å². The third kappa shape index (κ3) is 2.07. The van der Waals surface area contributed by atoms with Crippen molar-refractivity contribution in [3.8, 4) is 11.3 Å². The molecule has 0 fully saturated rings. The molecule has 76 valence electrons. The van der Waals surface area contributed by atoms with Gasteiger partial charge in [0, 0.05) is 11.3 Å². The Balaban J connectivity index is 2.43. The molecule has 0 atom stereocenters. The van der Waals surface area contributed by atoms with Gasteiger partial charge in [-0.15, -0.1) is 0 Å². The number of aromatic nitrogens is 1. The zero-order chi connectivity index (χ0) is 10.7. The summed E-state index contributed by atoms with van der Waals surface area (Å²) in [5.41, 5.74) is 4.71. The van der Waals surface area contributed by atoms with Crippen molar-refractivity contribution in [1.29, 1.82) is 0 Å². The van der Waals surface area contributed by atoms with Gasteiger partial charge in [-0.2, -0.15) is 0 Å². The van der Waals surface area contributed by atoms with Crippen LogP contribution in [-0.4, -0.2) is 4.98 Å². The zero-order valence-corrected chi connectivity index (χ0v) is 9.20. The maximum atomic E-state index is 4.61. The summed E-state index contributed by atoms with van der Waals surface area (Å²) < 4.78 is 0. The second kappa shape index (κ2) is 4.26. The van der Waals surface area contributed by atoms with Crippen molar-refractivity contribution in [1.82, 2.24) is 4.98 Å². The summed E-state index contributed by atoms with van der Waals surface area (Å²) in [6.45, 7) is 4.23. The van der Waals surface area contributed by atoms with Crippen molar-refractivity contribution in [3.63, 3.8) is 0 Å². The number of aryl methyl sites for hydroxylation is 2. The summed E-state index contributed by atoms with van der Waals surface area (Å²) in [5, 5.41) is 0. The van der Waals surface area contributed by atoms with Crippen LogP contribution in [0, 0.1) is 6.92 Å². The standard InChI is InChI=1S/C14H15N/c1-3-12-9-10-14(15-11(12)2)13-7-5-4-6-8-13/h4-10H,3H2,1-2H3. The molecule has 1 aromatic carbocycles. The van der Waals surface area contributed by atoms with Crippen molar-refractivity contribution < 1.29 is 0 Å². The minimum atomic E-state index is 1.05. The van der Waals surface area contributed by atoms with Crippen LogP contribution in [0.3, 0.4) is 0 Å². The lowest BCUT2D eigenvalue weighted by Crippen LogP contribution is -1.92. The molecule has 0 radical (unpaired) electrons. The molecule has 0 aliphatic heterocycles. The lowest BCUT2D eigenvalue weighted by atomic mass is 10.1. The maximum Gasteiger partial charge on any atom is 0.0705 e. The van der Waals surface area contributed by atoms with Crippen molar-refractivity contribution in [3.05, 3.63) is 53.7 Å². The van der Waals surface area contributed by atoms with Gasteiger partial charge in [0.05, 0.1) is 5.69 Å². The first-order chi connectivity index (χ1) is 7.31. The highest BCUT2D eigenvalue weighted by molar-refractivity contribution is 5.59. The Labute approximate surface area is 90.8 Å². The normalized spacial score (nSPS) is 10.3. The van der Waals surface area contributed by atoms with Gasteiger partial charge in [-0.1, -0.05) is 43.3 Å². The average Bonchev–Trinajstić information content (AvgIpc) is 2.30. The number of nitrogens with zero attached hydrogens (tertiary/aromatic N) is 1. The summed E-state index contributed by atoms with van der Waals surface area (Å²) >= 11 is 0. The van der Waals surface area contributed by atoms with E-state index in [9.17, 15) is 0 Å². The molecule has 2 aromatic rings. The summed E-state index contributed by atoms with van der Waals surface area (Å²) in [4.78, 5) is 4.61. The average molecular weight is 197 g/mol. The van der Waals surface area contributed by atoms with E-state index in [1.807, 2.05) is 18.2 Å². The fourth-order valence-electron chi connectivity index (χ4n) is 1.73. The minimum Gasteiger partial charge on any atom is -0.253 e. The summed E-state index contributed by atoms with van der Waals surface area (Å²) in [5.74, 6) is 0. The monoisotopic (exact) mass is 197 g/mol. The van der Waals surface area contributed by atoms with Crippen LogP contribution in [0.2, 0.25) is 0 Å². The predicted molar refractivity (Wildman–Crippen MR) is 63.8 cm³/mol. The molecule has 0 N–H and O–H groups in total. The van der Waals surface area contributed by atoms with Crippen LogP contribution < -0.4 is 0 Å². The summed E-state index contributed by atoms with van der Waals surface area (Å²) in [6, 6.07) is 14.6. The molecular weight excluding hydrogens is 182 g/mol. The first-order valence-corrected chi connectivity index (χ1v) is 5.33. The van der Waals surface area contributed by atoms with Crippen molar-refractivity contribution in [2.75, 3.05) is 0 Å². The number of hydrogen-bond donors (Lipinski definition) is 0. The Morgan fingerprint density at radius 3 is 2.33 bits per heavy atom. The van der Waals surface area contributed by atoms with E-state index in [0.29, 0.717) is 0 Å². The van der Waals surface area contributed by atoms with Crippen LogP contribution in [0.5, 0.6) is 0 Å². The van der Waals surface area contributed by atoms with E-state index in [1.165, 1.54) is 11.1 Å². The molecule has 15 heavy (non-hydrogen) atoms. The van der Waals surface area contributed by atoms with E-state index in [-0.39, 0.29) is 0 Å². The van der Waals surface area contributed by atoms with Gasteiger partial charge >= 0.3 is 0 Å². The van der Waals surface area contributed by atoms with E-state index in [4.69, 9.17) is 0 Å². The second-order valence-corrected chi connectivity index (χ2v) is 3.66. The molecule has 1 heteroatoms. The predicted octanol–water partition coefficient (Wildman–Crippen LogP) is 3.62. The summed E-state index contributed by atoms with van der Waals surface area (Å²) in [6.07, 6.45) is 1.05. The first kappa shape index (κ1) is 9.91. The Kier molecular flexibility index (Phi) is 2.82. The lowest BCUT2D eigenvalue weighted by Gasteiger charge is -2.05. The van der Waals surface area contributed by atoms with Crippen LogP contribution in [0.1, 0.15) is 18.2 Å². The smallest absolute Gasteiger partial charge is 0.0705 e. The fraction of sp³-hybridized carbons (Fsp3) is 0.214. The lowest BCUT2D eigenvalue weighted by molar-refractivity contribution is 1.05. The quantitative estimate of drug-likeness (QED) is 0.716. The number of benzene rings is 1. The van der Waals surface area contributed by atoms with Crippen LogP contribution in [0.25, 0.3) is 11.3 Å². The summed E-state index contributed by atoms with van der Waals surface area (Å²) in [7, 11) is 0. The zero-order valence-electron chi connectivity index (χ0n) is 9.20. The SMILES string of the molecule is CCc1ccc(-c2ccccc2)nc1C. The Morgan fingerprint density at radius 1 is 1.00 bits per heavy atom. The van der Waals surface area contributed by atoms with E-state index >= 15 is 0 Å². The number of hydrogen-bond acceptors (Lipinski definition) is 1. The van der Waals surface area contributed by atoms with Crippen LogP contribution in [-0.2, 0) is 6.42 Å². The van der Waals surface area contributed by atoms with Gasteiger partial charge < -0.3 is 0 Å². The molecule has 0 saturated carbocycles. The molecule has 0 unspecified atom stereocenters. The largest absolute Gasteiger partial charge is 0.253 e. The van der Waals surface area contributed by atoms with E-state index < -0.39 is 0 Å². The highest BCUT2D eigenvalue weighted by Gasteiger charge is 2.01. The minimum absolute atomic E-state index is 1.05. The van der Waals surface area contributed by atoms with Gasteiger partial charge in [-0.25, -0.2) is 0 Å². The molecule has 0 bridgehead atoms. The van der Waals surface area contributed by atoms with Crippen LogP contribution in [0.4, 0.5) is 0 Å². The molecule has 1 aromatic heterocycles. The second-order valence-electron chi connectivity index (χ2n) is 3.66. The molecule has 1 heterocycles. The first-order valence-electron chi connectivity index (χ1n) is 5.33. The van der Waals surface area contributed by atoms with E-state index in [0.717, 1.165) is 17.8 Å². The number of rotatable bonds is 2. The highest BCUT2D eigenvalue weighted by Crippen LogP contribution is 2.18. The molecule has 1 nitrogen and oxygen atoms in total. The molecule has 0 amide bonds. The number of pyridine rings is 1. The van der Waals surface area contributed by atoms with Gasteiger partial charge in [0.15, 0.2) is 0 Å². The van der Waals surface area contributed by atoms with Gasteiger partial charge in [-0.05, 0) is 25.0 Å². The highest BCUT2D eigenvalue weighted by atomic mass is 14.7. The third-order valence-electron chi connectivity index (χ3n) is 2.65. The van der Waals surface area contributed by atoms with Gasteiger partial charge in [0.1, 0.15) is 0 Å². The van der Waals surface area contributed by atoms with Crippen molar-refractivity contribution >= 4 is 0 Å². The van der Waals surface area contributed by atoms with Gasteiger partial charge in [-0.3, -0.25) is 4.98 Å². The molecule has 0 spiro atoms. The molecule has 0 aliphatic carbocycles. The molecule has 0 aliphatic rings. The van der Waals surface area contributed by atoms with Crippen molar-refractivity contribution in [2.45, 2.75) is 20.3 Å². The fourth-order valence-corrected chi connectivity index (χ4v) is 1.73. The topological polar surface area (TPSA) is 12.9 Å². The van der Waals surface area contributed by atoms with E-state index in [1.54, 1.807) is 0 Å². The van der Waals surface area contributed by atoms with Gasteiger partial charge in [0.2, 0.25) is 0 Å². The van der Waals surface area contributed by atoms with Crippen LogP contribution >= 0.6 is 0 Å². The maximum absolute atomic E-state index is 4.61. The Hall–Kier alpha value is -1.63. The van der Waals surface area contributed by atoms with Crippen LogP contribution in [0.15, 0.2) is 42.5 Å². The molecular formula is C14H15N. The molecule has 0 saturated heterocycles. The van der Waals surface area contributed by atoms with Crippen molar-refractivity contribution in [2.24, 2.45) is 0 Å². The molecule has 2 rings (SSSR count). The Morgan fingerprint density at radius 2 is 1.73 bits per heavy atom. The van der Waals surface area contributed by atoms with Gasteiger partial charge in [0.25, 0.3) is 0 Å².